The van der Waals surface area contributed by atoms with Crippen LogP contribution in [-0.2, 0) is 32.0 Å². The molecule has 0 saturated heterocycles. The smallest absolute Gasteiger partial charge is 0.325 e. The molecule has 0 N–H and O–H groups in total. The van der Waals surface area contributed by atoms with Crippen LogP contribution >= 0.6 is 0 Å². The molecule has 156 valence electrons. The third kappa shape index (κ3) is 6.79. The lowest BCUT2D eigenvalue weighted by molar-refractivity contribution is -0.144. The molecule has 6 heteroatoms. The molecule has 0 aliphatic carbocycles. The zero-order valence-electron chi connectivity index (χ0n) is 18.1. The minimum Gasteiger partial charge on any atom is -0.466 e. The van der Waals surface area contributed by atoms with Crippen molar-refractivity contribution < 1.29 is 19.1 Å². The van der Waals surface area contributed by atoms with Crippen molar-refractivity contribution in [3.8, 4) is 11.5 Å². The number of hydrogen-bond acceptors (Lipinski definition) is 4. The summed E-state index contributed by atoms with van der Waals surface area (Å²) in [5.74, 6) is 2.90. The van der Waals surface area contributed by atoms with E-state index in [9.17, 15) is 9.59 Å². The molecule has 1 heterocycles. The fourth-order valence-corrected chi connectivity index (χ4v) is 3.63. The lowest BCUT2D eigenvalue weighted by atomic mass is 10.0. The Kier molecular flexibility index (Phi) is 8.09. The van der Waals surface area contributed by atoms with E-state index in [-0.39, 0.29) is 18.5 Å². The van der Waals surface area contributed by atoms with Gasteiger partial charge in [0.05, 0.1) is 18.7 Å². The average molecular weight is 414 g/mol. The van der Waals surface area contributed by atoms with Crippen LogP contribution in [0.25, 0.3) is 10.9 Å². The van der Waals surface area contributed by atoms with Crippen LogP contribution < -0.4 is 0 Å². The van der Waals surface area contributed by atoms with E-state index >= 15 is 0 Å². The van der Waals surface area contributed by atoms with Crippen molar-refractivity contribution in [2.24, 2.45) is 0 Å². The van der Waals surface area contributed by atoms with Gasteiger partial charge in [-0.2, -0.15) is 0 Å². The summed E-state index contributed by atoms with van der Waals surface area (Å²) in [6.45, 7) is 11.1. The van der Waals surface area contributed by atoms with E-state index < -0.39 is 8.07 Å². The monoisotopic (exact) mass is 413 g/mol. The molecule has 0 amide bonds. The van der Waals surface area contributed by atoms with E-state index in [0.29, 0.717) is 26.1 Å². The Morgan fingerprint density at radius 3 is 2.41 bits per heavy atom. The molecule has 2 aromatic rings. The summed E-state index contributed by atoms with van der Waals surface area (Å²) < 4.78 is 12.1. The predicted octanol–water partition coefficient (Wildman–Crippen LogP) is 4.32. The third-order valence-electron chi connectivity index (χ3n) is 4.29. The van der Waals surface area contributed by atoms with Crippen LogP contribution in [0.4, 0.5) is 0 Å². The molecule has 2 rings (SSSR count). The molecule has 0 atom stereocenters. The predicted molar refractivity (Wildman–Crippen MR) is 118 cm³/mol. The van der Waals surface area contributed by atoms with E-state index in [1.54, 1.807) is 6.92 Å². The summed E-state index contributed by atoms with van der Waals surface area (Å²) in [7, 11) is -1.54. The fourth-order valence-electron chi connectivity index (χ4n) is 3.12. The second-order valence-corrected chi connectivity index (χ2v) is 12.7. The van der Waals surface area contributed by atoms with Gasteiger partial charge < -0.3 is 14.0 Å². The van der Waals surface area contributed by atoms with Crippen LogP contribution in [0.15, 0.2) is 24.4 Å². The summed E-state index contributed by atoms with van der Waals surface area (Å²) in [4.78, 5) is 23.8. The standard InChI is InChI=1S/C23H31NO4Si/c1-6-27-21(25)13-9-11-19-16-24(17-22(26)28-7-2)23-18(10-8-12-20(19)23)14-15-29(3,4)5/h8,10,12,16H,6-7,9,11,13,17H2,1-5H3. The number of fused-ring (bicyclic) bond motifs is 1. The van der Waals surface area contributed by atoms with Gasteiger partial charge in [-0.05, 0) is 38.3 Å². The van der Waals surface area contributed by atoms with Crippen molar-refractivity contribution in [1.29, 1.82) is 0 Å². The first kappa shape index (κ1) is 22.8. The maximum Gasteiger partial charge on any atom is 0.325 e. The highest BCUT2D eigenvalue weighted by Gasteiger charge is 2.15. The highest BCUT2D eigenvalue weighted by molar-refractivity contribution is 6.83. The number of carbonyl (C=O) groups is 2. The van der Waals surface area contributed by atoms with E-state index in [0.717, 1.165) is 28.5 Å². The summed E-state index contributed by atoms with van der Waals surface area (Å²) in [6, 6.07) is 6.05. The van der Waals surface area contributed by atoms with Gasteiger partial charge in [0.25, 0.3) is 0 Å². The lowest BCUT2D eigenvalue weighted by Crippen LogP contribution is -2.16. The highest BCUT2D eigenvalue weighted by atomic mass is 28.3. The number of aromatic nitrogens is 1. The van der Waals surface area contributed by atoms with E-state index in [2.05, 4.69) is 37.2 Å². The molecule has 0 radical (unpaired) electrons. The molecule has 0 saturated carbocycles. The van der Waals surface area contributed by atoms with Gasteiger partial charge in [0.15, 0.2) is 0 Å². The number of rotatable bonds is 8. The topological polar surface area (TPSA) is 57.5 Å². The zero-order valence-corrected chi connectivity index (χ0v) is 19.1. The number of hydrogen-bond donors (Lipinski definition) is 0. The summed E-state index contributed by atoms with van der Waals surface area (Å²) >= 11 is 0. The molecule has 0 bridgehead atoms. The first-order chi connectivity index (χ1) is 13.7. The lowest BCUT2D eigenvalue weighted by Gasteiger charge is -2.07. The summed E-state index contributed by atoms with van der Waals surface area (Å²) in [5, 5.41) is 1.07. The van der Waals surface area contributed by atoms with Crippen molar-refractivity contribution >= 4 is 30.9 Å². The molecule has 0 unspecified atom stereocenters. The highest BCUT2D eigenvalue weighted by Crippen LogP contribution is 2.26. The van der Waals surface area contributed by atoms with Gasteiger partial charge in [0, 0.05) is 23.6 Å². The number of nitrogens with zero attached hydrogens (tertiary/aromatic N) is 1. The summed E-state index contributed by atoms with van der Waals surface area (Å²) in [6.07, 6.45) is 3.80. The Labute approximate surface area is 174 Å². The second kappa shape index (κ2) is 10.3. The molecule has 1 aromatic heterocycles. The van der Waals surface area contributed by atoms with Crippen molar-refractivity contribution in [3.63, 3.8) is 0 Å². The average Bonchev–Trinajstić information content (AvgIpc) is 2.98. The van der Waals surface area contributed by atoms with Gasteiger partial charge >= 0.3 is 11.9 Å². The Morgan fingerprint density at radius 1 is 1.07 bits per heavy atom. The maximum atomic E-state index is 12.1. The summed E-state index contributed by atoms with van der Waals surface area (Å²) in [5.41, 5.74) is 6.40. The molecule has 0 aliphatic rings. The van der Waals surface area contributed by atoms with Crippen LogP contribution in [0, 0.1) is 11.5 Å². The largest absolute Gasteiger partial charge is 0.466 e. The zero-order chi connectivity index (χ0) is 21.4. The minimum atomic E-state index is -1.54. The van der Waals surface area contributed by atoms with Gasteiger partial charge in [-0.1, -0.05) is 37.7 Å². The number of benzene rings is 1. The van der Waals surface area contributed by atoms with Crippen LogP contribution in [0.3, 0.4) is 0 Å². The SMILES string of the molecule is CCOC(=O)CCCc1cn(CC(=O)OCC)c2c(C#C[Si](C)(C)C)cccc12. The van der Waals surface area contributed by atoms with Crippen LogP contribution in [0.2, 0.25) is 19.6 Å². The first-order valence-electron chi connectivity index (χ1n) is 10.2. The fraction of sp³-hybridized carbons (Fsp3) is 0.478. The van der Waals surface area contributed by atoms with Crippen LogP contribution in [-0.4, -0.2) is 37.8 Å². The number of para-hydroxylation sites is 1. The van der Waals surface area contributed by atoms with Gasteiger partial charge in [0.2, 0.25) is 0 Å². The molecular weight excluding hydrogens is 382 g/mol. The molecule has 0 fully saturated rings. The molecule has 0 aliphatic heterocycles. The van der Waals surface area contributed by atoms with E-state index in [4.69, 9.17) is 9.47 Å². The van der Waals surface area contributed by atoms with E-state index in [1.807, 2.05) is 29.8 Å². The van der Waals surface area contributed by atoms with Crippen molar-refractivity contribution in [3.05, 3.63) is 35.5 Å². The number of carbonyl (C=O) groups excluding carboxylic acids is 2. The van der Waals surface area contributed by atoms with Crippen molar-refractivity contribution in [2.45, 2.75) is 59.3 Å². The Balaban J connectivity index is 2.40. The van der Waals surface area contributed by atoms with Gasteiger partial charge in [-0.25, -0.2) is 0 Å². The quantitative estimate of drug-likeness (QED) is 0.367. The number of aryl methyl sites for hydroxylation is 1. The van der Waals surface area contributed by atoms with Crippen LogP contribution in [0.1, 0.15) is 37.8 Å². The van der Waals surface area contributed by atoms with Gasteiger partial charge in [-0.3, -0.25) is 9.59 Å². The number of ether oxygens (including phenoxy) is 2. The third-order valence-corrected chi connectivity index (χ3v) is 5.17. The van der Waals surface area contributed by atoms with Gasteiger partial charge in [0.1, 0.15) is 14.6 Å². The number of esters is 2. The van der Waals surface area contributed by atoms with Gasteiger partial charge in [-0.15, -0.1) is 5.54 Å². The minimum absolute atomic E-state index is 0.147. The first-order valence-corrected chi connectivity index (χ1v) is 13.7. The normalized spacial score (nSPS) is 11.1. The second-order valence-electron chi connectivity index (χ2n) is 7.95. The molecule has 1 aromatic carbocycles. The maximum absolute atomic E-state index is 12.1. The Morgan fingerprint density at radius 2 is 1.76 bits per heavy atom. The van der Waals surface area contributed by atoms with Crippen LogP contribution in [0.5, 0.6) is 0 Å². The van der Waals surface area contributed by atoms with Crippen molar-refractivity contribution in [2.75, 3.05) is 13.2 Å². The molecule has 5 nitrogen and oxygen atoms in total. The molecular formula is C23H31NO4Si. The molecule has 29 heavy (non-hydrogen) atoms. The van der Waals surface area contributed by atoms with E-state index in [1.165, 1.54) is 0 Å². The molecule has 0 spiro atoms. The Hall–Kier alpha value is -2.52. The van der Waals surface area contributed by atoms with Crippen molar-refractivity contribution in [1.82, 2.24) is 4.57 Å². The Bertz CT molecular complexity index is 928.